The van der Waals surface area contributed by atoms with Crippen molar-refractivity contribution in [3.8, 4) is 5.75 Å². The Balaban J connectivity index is 2.17. The van der Waals surface area contributed by atoms with Gasteiger partial charge in [-0.25, -0.2) is 4.39 Å². The normalized spacial score (nSPS) is 12.6. The fourth-order valence-corrected chi connectivity index (χ4v) is 3.61. The fraction of sp³-hybridized carbons (Fsp3) is 0.125. The van der Waals surface area contributed by atoms with Crippen LogP contribution in [0.5, 0.6) is 5.75 Å². The smallest absolute Gasteiger partial charge is 0.134 e. The van der Waals surface area contributed by atoms with Gasteiger partial charge in [0.25, 0.3) is 0 Å². The van der Waals surface area contributed by atoms with Gasteiger partial charge in [-0.15, -0.1) is 22.9 Å². The van der Waals surface area contributed by atoms with Crippen LogP contribution in [0, 0.1) is 5.82 Å². The lowest BCUT2D eigenvalue weighted by Crippen LogP contribution is -1.96. The minimum atomic E-state index is -0.351. The highest BCUT2D eigenvalue weighted by Gasteiger charge is 2.20. The first-order valence-corrected chi connectivity index (χ1v) is 7.46. The van der Waals surface area contributed by atoms with Crippen molar-refractivity contribution in [2.75, 3.05) is 7.11 Å². The average molecular weight is 307 g/mol. The quantitative estimate of drug-likeness (QED) is 0.590. The lowest BCUT2D eigenvalue weighted by atomic mass is 10.0. The topological polar surface area (TPSA) is 9.23 Å². The third-order valence-electron chi connectivity index (χ3n) is 3.29. The Morgan fingerprint density at radius 2 is 1.85 bits per heavy atom. The predicted molar refractivity (Wildman–Crippen MR) is 82.5 cm³/mol. The molecule has 0 bridgehead atoms. The molecule has 0 spiro atoms. The van der Waals surface area contributed by atoms with Crippen molar-refractivity contribution >= 4 is 33.7 Å². The van der Waals surface area contributed by atoms with Crippen molar-refractivity contribution < 1.29 is 9.13 Å². The molecule has 0 saturated heterocycles. The summed E-state index contributed by atoms with van der Waals surface area (Å²) in [7, 11) is 1.62. The molecule has 0 saturated carbocycles. The van der Waals surface area contributed by atoms with Gasteiger partial charge < -0.3 is 4.74 Å². The van der Waals surface area contributed by atoms with Gasteiger partial charge in [0, 0.05) is 5.39 Å². The van der Waals surface area contributed by atoms with Crippen LogP contribution in [-0.2, 0) is 0 Å². The molecule has 1 unspecified atom stereocenters. The van der Waals surface area contributed by atoms with Crippen LogP contribution in [-0.4, -0.2) is 7.11 Å². The summed E-state index contributed by atoms with van der Waals surface area (Å²) in [5, 5.41) is 3.01. The Morgan fingerprint density at radius 3 is 2.60 bits per heavy atom. The molecule has 1 heterocycles. The van der Waals surface area contributed by atoms with Gasteiger partial charge in [0.1, 0.15) is 11.6 Å². The highest BCUT2D eigenvalue weighted by Crippen LogP contribution is 2.41. The number of methoxy groups -OCH3 is 1. The van der Waals surface area contributed by atoms with Crippen LogP contribution in [0.25, 0.3) is 10.8 Å². The molecule has 0 aliphatic rings. The average Bonchev–Trinajstić information content (AvgIpc) is 2.96. The number of hydrogen-bond acceptors (Lipinski definition) is 2. The number of thiophene rings is 1. The van der Waals surface area contributed by atoms with Crippen LogP contribution in [0.1, 0.15) is 15.8 Å². The highest BCUT2D eigenvalue weighted by atomic mass is 35.5. The summed E-state index contributed by atoms with van der Waals surface area (Å²) in [6, 6.07) is 12.5. The summed E-state index contributed by atoms with van der Waals surface area (Å²) in [5.74, 6) is 0.537. The van der Waals surface area contributed by atoms with Gasteiger partial charge in [0.2, 0.25) is 0 Å². The Kier molecular flexibility index (Phi) is 3.64. The highest BCUT2D eigenvalue weighted by molar-refractivity contribution is 7.10. The van der Waals surface area contributed by atoms with Gasteiger partial charge in [-0.05, 0) is 28.5 Å². The third kappa shape index (κ3) is 2.17. The van der Waals surface area contributed by atoms with E-state index in [1.54, 1.807) is 19.2 Å². The van der Waals surface area contributed by atoms with Gasteiger partial charge in [-0.1, -0.05) is 30.3 Å². The van der Waals surface area contributed by atoms with Gasteiger partial charge >= 0.3 is 0 Å². The molecular formula is C16H12ClFOS. The van der Waals surface area contributed by atoms with E-state index in [1.165, 1.54) is 17.4 Å². The Labute approximate surface area is 125 Å². The number of benzene rings is 2. The fourth-order valence-electron chi connectivity index (χ4n) is 2.31. The molecule has 0 aliphatic heterocycles. The number of ether oxygens (including phenoxy) is 1. The molecule has 1 atom stereocenters. The number of fused-ring (bicyclic) bond motifs is 1. The summed E-state index contributed by atoms with van der Waals surface area (Å²) < 4.78 is 19.2. The number of hydrogen-bond donors (Lipinski definition) is 0. The molecule has 1 aromatic heterocycles. The van der Waals surface area contributed by atoms with Gasteiger partial charge in [0.05, 0.1) is 17.4 Å². The summed E-state index contributed by atoms with van der Waals surface area (Å²) in [6.07, 6.45) is 0. The minimum absolute atomic E-state index is 0.230. The molecule has 102 valence electrons. The number of alkyl halides is 1. The maximum absolute atomic E-state index is 13.9. The molecule has 4 heteroatoms. The van der Waals surface area contributed by atoms with Crippen molar-refractivity contribution in [2.24, 2.45) is 0 Å². The third-order valence-corrected chi connectivity index (χ3v) is 4.83. The lowest BCUT2D eigenvalue weighted by molar-refractivity contribution is 0.413. The van der Waals surface area contributed by atoms with Gasteiger partial charge in [-0.2, -0.15) is 0 Å². The van der Waals surface area contributed by atoms with Crippen molar-refractivity contribution in [3.63, 3.8) is 0 Å². The van der Waals surface area contributed by atoms with E-state index in [4.69, 9.17) is 16.3 Å². The second-order valence-electron chi connectivity index (χ2n) is 4.40. The summed E-state index contributed by atoms with van der Waals surface area (Å²) in [5.41, 5.74) is 0.893. The van der Waals surface area contributed by atoms with Gasteiger partial charge in [0.15, 0.2) is 0 Å². The maximum Gasteiger partial charge on any atom is 0.134 e. The molecule has 3 rings (SSSR count). The van der Waals surface area contributed by atoms with Crippen molar-refractivity contribution in [1.82, 2.24) is 0 Å². The van der Waals surface area contributed by atoms with E-state index in [0.29, 0.717) is 5.39 Å². The molecular weight excluding hydrogens is 295 g/mol. The summed E-state index contributed by atoms with van der Waals surface area (Å²) >= 11 is 8.14. The number of halogens is 2. The standard InChI is InChI=1S/C16H12ClFOS/c1-19-14-8-9-20-16(14)15(17)12-6-7-13(18)11-5-3-2-4-10(11)12/h2-9,15H,1H3. The van der Waals surface area contributed by atoms with Crippen molar-refractivity contribution in [1.29, 1.82) is 0 Å². The molecule has 0 fully saturated rings. The van der Waals surface area contributed by atoms with Crippen LogP contribution >= 0.6 is 22.9 Å². The van der Waals surface area contributed by atoms with E-state index in [2.05, 4.69) is 0 Å². The minimum Gasteiger partial charge on any atom is -0.496 e. The predicted octanol–water partition coefficient (Wildman–Crippen LogP) is 5.38. The SMILES string of the molecule is COc1ccsc1C(Cl)c1ccc(F)c2ccccc12. The molecule has 20 heavy (non-hydrogen) atoms. The summed E-state index contributed by atoms with van der Waals surface area (Å²) in [6.45, 7) is 0. The van der Waals surface area contributed by atoms with Crippen LogP contribution < -0.4 is 4.74 Å². The van der Waals surface area contributed by atoms with E-state index >= 15 is 0 Å². The van der Waals surface area contributed by atoms with E-state index in [-0.39, 0.29) is 11.2 Å². The first-order chi connectivity index (χ1) is 9.72. The zero-order valence-corrected chi connectivity index (χ0v) is 12.3. The summed E-state index contributed by atoms with van der Waals surface area (Å²) in [4.78, 5) is 0.936. The van der Waals surface area contributed by atoms with Crippen LogP contribution in [0.2, 0.25) is 0 Å². The Morgan fingerprint density at radius 1 is 1.10 bits per heavy atom. The molecule has 3 aromatic rings. The number of rotatable bonds is 3. The monoisotopic (exact) mass is 306 g/mol. The zero-order valence-electron chi connectivity index (χ0n) is 10.8. The molecule has 1 nitrogen and oxygen atoms in total. The van der Waals surface area contributed by atoms with Gasteiger partial charge in [-0.3, -0.25) is 0 Å². The van der Waals surface area contributed by atoms with Crippen LogP contribution in [0.4, 0.5) is 4.39 Å². The molecule has 2 aromatic carbocycles. The lowest BCUT2D eigenvalue weighted by Gasteiger charge is -2.13. The van der Waals surface area contributed by atoms with E-state index < -0.39 is 0 Å². The first kappa shape index (κ1) is 13.4. The first-order valence-electron chi connectivity index (χ1n) is 6.15. The van der Waals surface area contributed by atoms with Crippen LogP contribution in [0.15, 0.2) is 47.8 Å². The molecule has 0 radical (unpaired) electrons. The zero-order chi connectivity index (χ0) is 14.1. The molecule has 0 amide bonds. The van der Waals surface area contributed by atoms with Crippen molar-refractivity contribution in [3.05, 3.63) is 64.1 Å². The Bertz CT molecular complexity index is 753. The van der Waals surface area contributed by atoms with Crippen LogP contribution in [0.3, 0.4) is 0 Å². The second kappa shape index (κ2) is 5.43. The van der Waals surface area contributed by atoms with E-state index in [1.807, 2.05) is 29.6 Å². The molecule has 0 aliphatic carbocycles. The maximum atomic E-state index is 13.9. The Hall–Kier alpha value is -1.58. The van der Waals surface area contributed by atoms with Crippen molar-refractivity contribution in [2.45, 2.75) is 5.38 Å². The second-order valence-corrected chi connectivity index (χ2v) is 5.78. The molecule has 0 N–H and O–H groups in total. The largest absolute Gasteiger partial charge is 0.496 e. The van der Waals surface area contributed by atoms with E-state index in [0.717, 1.165) is 21.6 Å². The van der Waals surface area contributed by atoms with E-state index in [9.17, 15) is 4.39 Å².